The third-order valence-electron chi connectivity index (χ3n) is 2.90. The van der Waals surface area contributed by atoms with Crippen molar-refractivity contribution < 1.29 is 19.8 Å². The monoisotopic (exact) mass is 300 g/mol. The quantitative estimate of drug-likeness (QED) is 0.442. The molecule has 0 aliphatic carbocycles. The van der Waals surface area contributed by atoms with Crippen molar-refractivity contribution in [1.82, 2.24) is 10.2 Å². The largest absolute Gasteiger partial charge is 0.480 e. The Hall–Kier alpha value is -1.40. The first-order valence-electron chi connectivity index (χ1n) is 7.56. The molecule has 122 valence electrons. The van der Waals surface area contributed by atoms with E-state index < -0.39 is 5.97 Å². The van der Waals surface area contributed by atoms with Gasteiger partial charge in [0.25, 0.3) is 0 Å². The Morgan fingerprint density at radius 1 is 1.19 bits per heavy atom. The van der Waals surface area contributed by atoms with Gasteiger partial charge in [-0.05, 0) is 19.3 Å². The van der Waals surface area contributed by atoms with E-state index in [1.807, 2.05) is 6.08 Å². The molecule has 0 rings (SSSR count). The van der Waals surface area contributed by atoms with Crippen molar-refractivity contribution >= 4 is 11.9 Å². The van der Waals surface area contributed by atoms with Crippen LogP contribution in [0.2, 0.25) is 0 Å². The molecule has 21 heavy (non-hydrogen) atoms. The minimum atomic E-state index is -0.902. The van der Waals surface area contributed by atoms with Gasteiger partial charge in [0.1, 0.15) is 0 Å². The van der Waals surface area contributed by atoms with E-state index in [-0.39, 0.29) is 19.1 Å². The Bertz CT molecular complexity index is 319. The summed E-state index contributed by atoms with van der Waals surface area (Å²) in [7, 11) is 0. The Labute approximate surface area is 126 Å². The summed E-state index contributed by atoms with van der Waals surface area (Å²) in [6.45, 7) is 3.48. The standard InChI is InChI=1S/C15H28N2O4/c1-2-3-4-5-6-8-14(19)16-9-11-17(10-7-12-18)13-15(20)21/h4-5,18H,2-3,6-13H2,1H3,(H,16,19)(H,20,21)/b5-4+. The first-order chi connectivity index (χ1) is 10.1. The van der Waals surface area contributed by atoms with Gasteiger partial charge in [-0.25, -0.2) is 0 Å². The fourth-order valence-corrected chi connectivity index (χ4v) is 1.81. The zero-order valence-corrected chi connectivity index (χ0v) is 12.9. The molecule has 0 radical (unpaired) electrons. The molecular formula is C15H28N2O4. The summed E-state index contributed by atoms with van der Waals surface area (Å²) in [5.41, 5.74) is 0. The number of nitrogens with zero attached hydrogens (tertiary/aromatic N) is 1. The van der Waals surface area contributed by atoms with Gasteiger partial charge < -0.3 is 15.5 Å². The van der Waals surface area contributed by atoms with Crippen LogP contribution >= 0.6 is 0 Å². The molecule has 0 aromatic rings. The van der Waals surface area contributed by atoms with Crippen LogP contribution in [0.15, 0.2) is 12.2 Å². The van der Waals surface area contributed by atoms with Crippen LogP contribution in [-0.2, 0) is 9.59 Å². The number of unbranched alkanes of at least 4 members (excludes halogenated alkanes) is 1. The van der Waals surface area contributed by atoms with Crippen LogP contribution in [0.5, 0.6) is 0 Å². The number of hydrogen-bond acceptors (Lipinski definition) is 4. The number of amides is 1. The van der Waals surface area contributed by atoms with Gasteiger partial charge in [0.15, 0.2) is 0 Å². The predicted octanol–water partition coefficient (Wildman–Crippen LogP) is 1.01. The van der Waals surface area contributed by atoms with Crippen molar-refractivity contribution in [3.8, 4) is 0 Å². The molecule has 0 saturated carbocycles. The van der Waals surface area contributed by atoms with Gasteiger partial charge >= 0.3 is 5.97 Å². The third-order valence-corrected chi connectivity index (χ3v) is 2.90. The van der Waals surface area contributed by atoms with Crippen molar-refractivity contribution in [3.63, 3.8) is 0 Å². The Kier molecular flexibility index (Phi) is 12.7. The lowest BCUT2D eigenvalue weighted by Gasteiger charge is -2.19. The lowest BCUT2D eigenvalue weighted by molar-refractivity contribution is -0.138. The number of carbonyl (C=O) groups is 2. The number of rotatable bonds is 13. The zero-order chi connectivity index (χ0) is 15.9. The third kappa shape index (κ3) is 13.3. The van der Waals surface area contributed by atoms with E-state index in [1.165, 1.54) is 0 Å². The van der Waals surface area contributed by atoms with E-state index in [4.69, 9.17) is 10.2 Å². The van der Waals surface area contributed by atoms with Crippen LogP contribution < -0.4 is 5.32 Å². The minimum Gasteiger partial charge on any atom is -0.480 e. The highest BCUT2D eigenvalue weighted by Crippen LogP contribution is 1.95. The Balaban J connectivity index is 3.80. The number of hydrogen-bond donors (Lipinski definition) is 3. The molecule has 3 N–H and O–H groups in total. The number of aliphatic carboxylic acids is 1. The van der Waals surface area contributed by atoms with Gasteiger partial charge in [-0.1, -0.05) is 25.5 Å². The molecule has 0 atom stereocenters. The molecule has 0 aromatic carbocycles. The van der Waals surface area contributed by atoms with E-state index in [2.05, 4.69) is 18.3 Å². The van der Waals surface area contributed by atoms with Crippen molar-refractivity contribution in [2.24, 2.45) is 0 Å². The molecule has 0 saturated heterocycles. The molecule has 0 aromatic heterocycles. The van der Waals surface area contributed by atoms with Crippen LogP contribution in [0.4, 0.5) is 0 Å². The number of aliphatic hydroxyl groups excluding tert-OH is 1. The van der Waals surface area contributed by atoms with Gasteiger partial charge in [0, 0.05) is 32.7 Å². The number of allylic oxidation sites excluding steroid dienone is 2. The summed E-state index contributed by atoms with van der Waals surface area (Å²) in [5.74, 6) is -0.922. The average Bonchev–Trinajstić information content (AvgIpc) is 2.43. The summed E-state index contributed by atoms with van der Waals surface area (Å²) in [5, 5.41) is 20.3. The summed E-state index contributed by atoms with van der Waals surface area (Å²) in [6.07, 6.45) is 7.96. The van der Waals surface area contributed by atoms with E-state index >= 15 is 0 Å². The maximum absolute atomic E-state index is 11.6. The average molecular weight is 300 g/mol. The van der Waals surface area contributed by atoms with E-state index in [0.717, 1.165) is 19.3 Å². The van der Waals surface area contributed by atoms with Gasteiger partial charge in [-0.3, -0.25) is 14.5 Å². The van der Waals surface area contributed by atoms with Crippen molar-refractivity contribution in [2.75, 3.05) is 32.8 Å². The number of aliphatic hydroxyl groups is 1. The molecule has 0 aliphatic rings. The molecule has 0 aliphatic heterocycles. The highest BCUT2D eigenvalue weighted by molar-refractivity contribution is 5.76. The minimum absolute atomic E-state index is 0.0198. The van der Waals surface area contributed by atoms with E-state index in [9.17, 15) is 9.59 Å². The second-order valence-corrected chi connectivity index (χ2v) is 4.90. The topological polar surface area (TPSA) is 89.9 Å². The van der Waals surface area contributed by atoms with Gasteiger partial charge in [-0.2, -0.15) is 0 Å². The van der Waals surface area contributed by atoms with Crippen LogP contribution in [0.1, 0.15) is 39.0 Å². The van der Waals surface area contributed by atoms with Gasteiger partial charge in [-0.15, -0.1) is 0 Å². The second-order valence-electron chi connectivity index (χ2n) is 4.90. The molecule has 0 unspecified atom stereocenters. The maximum atomic E-state index is 11.6. The normalized spacial score (nSPS) is 11.2. The number of carboxylic acid groups (broad SMARTS) is 1. The molecule has 6 nitrogen and oxygen atoms in total. The van der Waals surface area contributed by atoms with E-state index in [1.54, 1.807) is 4.90 Å². The lowest BCUT2D eigenvalue weighted by atomic mass is 10.2. The SMILES string of the molecule is CCC/C=C/CCC(=O)NCCN(CCCO)CC(=O)O. The first kappa shape index (κ1) is 19.6. The molecule has 6 heteroatoms. The number of carboxylic acids is 1. The smallest absolute Gasteiger partial charge is 0.317 e. The summed E-state index contributed by atoms with van der Waals surface area (Å²) in [4.78, 5) is 24.0. The fourth-order valence-electron chi connectivity index (χ4n) is 1.81. The molecule has 0 bridgehead atoms. The fraction of sp³-hybridized carbons (Fsp3) is 0.733. The maximum Gasteiger partial charge on any atom is 0.317 e. The highest BCUT2D eigenvalue weighted by Gasteiger charge is 2.09. The summed E-state index contributed by atoms with van der Waals surface area (Å²) < 4.78 is 0. The van der Waals surface area contributed by atoms with Gasteiger partial charge in [0.05, 0.1) is 6.54 Å². The van der Waals surface area contributed by atoms with Crippen LogP contribution in [0.25, 0.3) is 0 Å². The molecular weight excluding hydrogens is 272 g/mol. The summed E-state index contributed by atoms with van der Waals surface area (Å²) in [6, 6.07) is 0. The molecule has 1 amide bonds. The highest BCUT2D eigenvalue weighted by atomic mass is 16.4. The molecule has 0 spiro atoms. The number of carbonyl (C=O) groups excluding carboxylic acids is 1. The first-order valence-corrected chi connectivity index (χ1v) is 7.56. The van der Waals surface area contributed by atoms with Crippen molar-refractivity contribution in [1.29, 1.82) is 0 Å². The van der Waals surface area contributed by atoms with E-state index in [0.29, 0.717) is 32.5 Å². The second kappa shape index (κ2) is 13.6. The zero-order valence-electron chi connectivity index (χ0n) is 12.9. The number of nitrogens with one attached hydrogen (secondary N) is 1. The predicted molar refractivity (Wildman–Crippen MR) is 82.1 cm³/mol. The van der Waals surface area contributed by atoms with Gasteiger partial charge in [0.2, 0.25) is 5.91 Å². The van der Waals surface area contributed by atoms with Crippen molar-refractivity contribution in [2.45, 2.75) is 39.0 Å². The van der Waals surface area contributed by atoms with Crippen LogP contribution in [-0.4, -0.2) is 59.8 Å². The molecule has 0 fully saturated rings. The Morgan fingerprint density at radius 3 is 2.52 bits per heavy atom. The van der Waals surface area contributed by atoms with Crippen molar-refractivity contribution in [3.05, 3.63) is 12.2 Å². The lowest BCUT2D eigenvalue weighted by Crippen LogP contribution is -2.38. The summed E-state index contributed by atoms with van der Waals surface area (Å²) >= 11 is 0. The molecule has 0 heterocycles. The Morgan fingerprint density at radius 2 is 1.90 bits per heavy atom. The van der Waals surface area contributed by atoms with Crippen LogP contribution in [0.3, 0.4) is 0 Å². The van der Waals surface area contributed by atoms with Crippen LogP contribution in [0, 0.1) is 0 Å².